The van der Waals surface area contributed by atoms with Crippen LogP contribution < -0.4 is 0 Å². The molecule has 0 aromatic heterocycles. The van der Waals surface area contributed by atoms with E-state index in [4.69, 9.17) is 23.2 Å². The van der Waals surface area contributed by atoms with E-state index in [1.165, 1.54) is 101 Å². The van der Waals surface area contributed by atoms with Crippen molar-refractivity contribution in [3.05, 3.63) is 62.6 Å². The number of aromatic carboxylic acids is 2. The van der Waals surface area contributed by atoms with Crippen LogP contribution in [0, 0.1) is 58.2 Å². The van der Waals surface area contributed by atoms with Gasteiger partial charge in [-0.05, 0) is 170 Å². The lowest BCUT2D eigenvalue weighted by Crippen LogP contribution is -2.53. The summed E-state index contributed by atoms with van der Waals surface area (Å²) < 4.78 is 0. The van der Waals surface area contributed by atoms with Crippen molar-refractivity contribution in [2.24, 2.45) is 58.2 Å². The van der Waals surface area contributed by atoms with Gasteiger partial charge in [-0.2, -0.15) is 0 Å². The Kier molecular flexibility index (Phi) is 11.9. The smallest absolute Gasteiger partial charge is 0.339 e. The molecule has 2 aromatic carbocycles. The number of hydrogen-bond acceptors (Lipinski definition) is 4. The van der Waals surface area contributed by atoms with Crippen molar-refractivity contribution in [3.63, 3.8) is 0 Å². The molecule has 4 saturated carbocycles. The first-order valence-electron chi connectivity index (χ1n) is 20.3. The number of rotatable bonds is 12. The lowest BCUT2D eigenvalue weighted by molar-refractivity contribution is -0.121. The highest BCUT2D eigenvalue weighted by molar-refractivity contribution is 6.33. The van der Waals surface area contributed by atoms with Gasteiger partial charge in [0, 0.05) is 0 Å². The van der Waals surface area contributed by atoms with E-state index in [9.17, 15) is 30.0 Å². The van der Waals surface area contributed by atoms with Crippen molar-refractivity contribution >= 4 is 40.7 Å². The van der Waals surface area contributed by atoms with Gasteiger partial charge in [-0.25, -0.2) is 9.59 Å². The number of allylic oxidation sites excluding steroid dienone is 1. The molecule has 0 radical (unpaired) electrons. The average Bonchev–Trinajstić information content (AvgIpc) is 3.46. The zero-order valence-corrected chi connectivity index (χ0v) is 33.8. The minimum atomic E-state index is -1.33. The maximum absolute atomic E-state index is 12.0. The molecule has 9 atom stereocenters. The van der Waals surface area contributed by atoms with Crippen LogP contribution >= 0.6 is 23.2 Å². The third kappa shape index (κ3) is 7.75. The van der Waals surface area contributed by atoms with E-state index in [1.54, 1.807) is 0 Å². The number of carboxylic acid groups (broad SMARTS) is 2. The summed E-state index contributed by atoms with van der Waals surface area (Å²) in [6, 6.07) is 5.65. The molecule has 2 aromatic rings. The molecule has 0 heterocycles. The summed E-state index contributed by atoms with van der Waals surface area (Å²) in [5.41, 5.74) is 1.58. The summed E-state index contributed by atoms with van der Waals surface area (Å²) in [5.74, 6) is 2.64. The van der Waals surface area contributed by atoms with Gasteiger partial charge in [-0.1, -0.05) is 83.2 Å². The van der Waals surface area contributed by atoms with Crippen LogP contribution in [0.5, 0.6) is 11.5 Å². The quantitative estimate of drug-likeness (QED) is 0.171. The number of halogens is 2. The molecule has 0 amide bonds. The molecule has 6 nitrogen and oxygen atoms in total. The predicted molar refractivity (Wildman–Crippen MR) is 213 cm³/mol. The normalized spacial score (nSPS) is 31.3. The molecule has 4 fully saturated rings. The van der Waals surface area contributed by atoms with E-state index < -0.39 is 23.4 Å². The van der Waals surface area contributed by atoms with E-state index in [1.807, 2.05) is 6.08 Å². The van der Waals surface area contributed by atoms with Crippen LogP contribution in [-0.2, 0) is 0 Å². The second kappa shape index (κ2) is 15.8. The number of aromatic hydroxyl groups is 2. The SMILES string of the molecule is CC(C)CCC[C@H](C)[C@H]1CC[C@H]2[C@@H]3CC[C@@H]4C[C@@H](CCC=C(c5cc(Cl)c(O)c(C(=O)O)c5)c5cc(Cl)c(O)c(C(=O)O)c5)CC[C@]4(C)[C@H]3CC[C@]12C. The van der Waals surface area contributed by atoms with Gasteiger partial charge in [0.15, 0.2) is 0 Å². The molecular weight excluding hydrogens is 707 g/mol. The van der Waals surface area contributed by atoms with Gasteiger partial charge in [-0.3, -0.25) is 0 Å². The number of carboxylic acids is 2. The highest BCUT2D eigenvalue weighted by Crippen LogP contribution is 2.69. The minimum absolute atomic E-state index is 0.122. The molecule has 0 spiro atoms. The van der Waals surface area contributed by atoms with Crippen molar-refractivity contribution in [2.75, 3.05) is 0 Å². The summed E-state index contributed by atoms with van der Waals surface area (Å²) in [6.07, 6.45) is 19.8. The van der Waals surface area contributed by atoms with Crippen molar-refractivity contribution in [2.45, 2.75) is 125 Å². The van der Waals surface area contributed by atoms with Crippen molar-refractivity contribution in [1.29, 1.82) is 0 Å². The van der Waals surface area contributed by atoms with Gasteiger partial charge in [-0.15, -0.1) is 0 Å². The molecule has 6 rings (SSSR count). The molecule has 0 aliphatic heterocycles. The highest BCUT2D eigenvalue weighted by atomic mass is 35.5. The maximum Gasteiger partial charge on any atom is 0.339 e. The third-order valence-corrected chi connectivity index (χ3v) is 15.7. The lowest BCUT2D eigenvalue weighted by Gasteiger charge is -2.61. The van der Waals surface area contributed by atoms with Gasteiger partial charge in [0.2, 0.25) is 0 Å². The second-order valence-corrected chi connectivity index (χ2v) is 19.2. The van der Waals surface area contributed by atoms with Gasteiger partial charge in [0.25, 0.3) is 0 Å². The van der Waals surface area contributed by atoms with E-state index in [-0.39, 0.29) is 21.2 Å². The Balaban J connectivity index is 1.17. The fourth-order valence-corrected chi connectivity index (χ4v) is 12.8. The first-order valence-corrected chi connectivity index (χ1v) is 21.0. The Morgan fingerprint density at radius 3 is 1.96 bits per heavy atom. The standard InChI is InChI=1S/C45H60Cl2O6/c1-25(2)8-6-9-26(3)35-14-15-36-32-13-12-30-20-27(16-18-44(30,4)37(32)17-19-45(35,36)5)10-7-11-31(28-21-33(42(50)51)40(48)38(46)23-28)29-22-34(43(52)53)41(49)39(47)24-29/h11,21-27,30,32,35-37,48-49H,6-10,12-20H2,1-5H3,(H,50,51)(H,52,53)/t26-,27-,30+,32-,35+,36-,37-,44-,45+/m0/s1. The lowest BCUT2D eigenvalue weighted by atomic mass is 9.44. The second-order valence-electron chi connectivity index (χ2n) is 18.3. The number of fused-ring (bicyclic) bond motifs is 5. The summed E-state index contributed by atoms with van der Waals surface area (Å²) in [6.45, 7) is 12.6. The van der Waals surface area contributed by atoms with E-state index in [0.29, 0.717) is 39.9 Å². The van der Waals surface area contributed by atoms with E-state index in [2.05, 4.69) is 34.6 Å². The fourth-order valence-electron chi connectivity index (χ4n) is 12.3. The number of phenols is 2. The summed E-state index contributed by atoms with van der Waals surface area (Å²) in [4.78, 5) is 23.9. The van der Waals surface area contributed by atoms with Crippen LogP contribution in [0.25, 0.3) is 5.57 Å². The first kappa shape index (κ1) is 40.0. The molecule has 4 N–H and O–H groups in total. The molecule has 0 bridgehead atoms. The number of benzene rings is 2. The Labute approximate surface area is 326 Å². The summed E-state index contributed by atoms with van der Waals surface area (Å²) in [5, 5.41) is 40.0. The van der Waals surface area contributed by atoms with Gasteiger partial charge >= 0.3 is 11.9 Å². The predicted octanol–water partition coefficient (Wildman–Crippen LogP) is 12.8. The molecule has 290 valence electrons. The average molecular weight is 768 g/mol. The molecular formula is C45H60Cl2O6. The monoisotopic (exact) mass is 766 g/mol. The van der Waals surface area contributed by atoms with Crippen molar-refractivity contribution in [3.8, 4) is 11.5 Å². The first-order chi connectivity index (χ1) is 25.0. The third-order valence-electron chi connectivity index (χ3n) is 15.1. The van der Waals surface area contributed by atoms with Gasteiger partial charge in [0.1, 0.15) is 22.6 Å². The summed E-state index contributed by atoms with van der Waals surface area (Å²) >= 11 is 12.6. The Morgan fingerprint density at radius 1 is 0.792 bits per heavy atom. The van der Waals surface area contributed by atoms with Crippen LogP contribution in [0.2, 0.25) is 10.0 Å². The topological polar surface area (TPSA) is 115 Å². The Hall–Kier alpha value is -2.70. The largest absolute Gasteiger partial charge is 0.505 e. The molecule has 0 unspecified atom stereocenters. The molecule has 4 aliphatic carbocycles. The molecule has 53 heavy (non-hydrogen) atoms. The molecule has 0 saturated heterocycles. The number of hydrogen-bond donors (Lipinski definition) is 4. The van der Waals surface area contributed by atoms with Crippen LogP contribution in [0.3, 0.4) is 0 Å². The highest BCUT2D eigenvalue weighted by Gasteiger charge is 2.60. The van der Waals surface area contributed by atoms with Gasteiger partial charge < -0.3 is 20.4 Å². The zero-order valence-electron chi connectivity index (χ0n) is 32.3. The fraction of sp³-hybridized carbons (Fsp3) is 0.644. The minimum Gasteiger partial charge on any atom is -0.505 e. The zero-order chi connectivity index (χ0) is 38.4. The van der Waals surface area contributed by atoms with Crippen molar-refractivity contribution < 1.29 is 30.0 Å². The van der Waals surface area contributed by atoms with Crippen LogP contribution in [0.4, 0.5) is 0 Å². The van der Waals surface area contributed by atoms with Crippen LogP contribution in [0.15, 0.2) is 30.3 Å². The Bertz CT molecular complexity index is 1660. The van der Waals surface area contributed by atoms with Crippen molar-refractivity contribution in [1.82, 2.24) is 0 Å². The van der Waals surface area contributed by atoms with Crippen LogP contribution in [0.1, 0.15) is 156 Å². The van der Waals surface area contributed by atoms with Gasteiger partial charge in [0.05, 0.1) is 10.0 Å². The van der Waals surface area contributed by atoms with E-state index in [0.717, 1.165) is 47.8 Å². The van der Waals surface area contributed by atoms with Crippen LogP contribution in [-0.4, -0.2) is 32.4 Å². The molecule has 8 heteroatoms. The Morgan fingerprint density at radius 2 is 1.38 bits per heavy atom. The number of carbonyl (C=O) groups is 2. The maximum atomic E-state index is 12.0. The summed E-state index contributed by atoms with van der Waals surface area (Å²) in [7, 11) is 0. The molecule has 4 aliphatic rings. The van der Waals surface area contributed by atoms with E-state index >= 15 is 0 Å².